The highest BCUT2D eigenvalue weighted by Crippen LogP contribution is 2.19. The van der Waals surface area contributed by atoms with Gasteiger partial charge in [-0.3, -0.25) is 0 Å². The molecule has 0 bridgehead atoms. The van der Waals surface area contributed by atoms with Crippen molar-refractivity contribution in [1.29, 1.82) is 0 Å². The first-order chi connectivity index (χ1) is 9.24. The molecule has 0 aliphatic heterocycles. The van der Waals surface area contributed by atoms with Crippen molar-refractivity contribution in [3.63, 3.8) is 0 Å². The van der Waals surface area contributed by atoms with Crippen LogP contribution >= 0.6 is 0 Å². The molecule has 0 atom stereocenters. The number of hydrogen-bond acceptors (Lipinski definition) is 3. The van der Waals surface area contributed by atoms with E-state index < -0.39 is 0 Å². The van der Waals surface area contributed by atoms with Gasteiger partial charge in [-0.15, -0.1) is 0 Å². The van der Waals surface area contributed by atoms with Gasteiger partial charge in [-0.25, -0.2) is 9.37 Å². The lowest BCUT2D eigenvalue weighted by molar-refractivity contribution is 0.543. The lowest BCUT2D eigenvalue weighted by Gasteiger charge is -1.96. The van der Waals surface area contributed by atoms with Gasteiger partial charge in [-0.1, -0.05) is 18.2 Å². The van der Waals surface area contributed by atoms with E-state index in [4.69, 9.17) is 10.2 Å². The average molecular weight is 256 g/mol. The summed E-state index contributed by atoms with van der Waals surface area (Å²) in [7, 11) is 0. The highest BCUT2D eigenvalue weighted by Gasteiger charge is 2.07. The maximum absolute atomic E-state index is 12.8. The van der Waals surface area contributed by atoms with Crippen molar-refractivity contribution < 1.29 is 8.81 Å². The number of nitrogens with zero attached hydrogens (tertiary/aromatic N) is 1. The summed E-state index contributed by atoms with van der Waals surface area (Å²) in [5.41, 5.74) is 9.13. The third-order valence-corrected chi connectivity index (χ3v) is 3.00. The highest BCUT2D eigenvalue weighted by atomic mass is 19.1. The number of nitrogens with two attached hydrogens (primary N) is 1. The molecule has 0 unspecified atom stereocenters. The first-order valence-electron chi connectivity index (χ1n) is 6.07. The van der Waals surface area contributed by atoms with Crippen molar-refractivity contribution in [2.24, 2.45) is 5.73 Å². The van der Waals surface area contributed by atoms with Gasteiger partial charge in [0.1, 0.15) is 11.3 Å². The summed E-state index contributed by atoms with van der Waals surface area (Å²) < 4.78 is 18.5. The van der Waals surface area contributed by atoms with Crippen LogP contribution in [0.1, 0.15) is 17.0 Å². The number of fused-ring (bicyclic) bond motifs is 1. The molecule has 2 aromatic carbocycles. The van der Waals surface area contributed by atoms with Gasteiger partial charge in [-0.05, 0) is 35.4 Å². The van der Waals surface area contributed by atoms with E-state index in [-0.39, 0.29) is 5.82 Å². The number of aromatic nitrogens is 1. The lowest BCUT2D eigenvalue weighted by atomic mass is 10.1. The number of benzene rings is 2. The molecule has 2 N–H and O–H groups in total. The predicted molar refractivity (Wildman–Crippen MR) is 71.1 cm³/mol. The van der Waals surface area contributed by atoms with Crippen LogP contribution in [0.4, 0.5) is 4.39 Å². The molecule has 0 saturated carbocycles. The SMILES string of the molecule is NCc1ccc2oc(Cc3ccc(F)cc3)nc2c1. The number of oxazole rings is 1. The minimum atomic E-state index is -0.242. The summed E-state index contributed by atoms with van der Waals surface area (Å²) in [5, 5.41) is 0. The molecule has 0 fully saturated rings. The molecule has 0 spiro atoms. The quantitative estimate of drug-likeness (QED) is 0.783. The fourth-order valence-electron chi connectivity index (χ4n) is 2.00. The van der Waals surface area contributed by atoms with Crippen LogP contribution < -0.4 is 5.73 Å². The fourth-order valence-corrected chi connectivity index (χ4v) is 2.00. The fraction of sp³-hybridized carbons (Fsp3) is 0.133. The van der Waals surface area contributed by atoms with Crippen LogP contribution in [0.5, 0.6) is 0 Å². The first kappa shape index (κ1) is 11.9. The number of hydrogen-bond donors (Lipinski definition) is 1. The molecule has 0 aliphatic carbocycles. The van der Waals surface area contributed by atoms with E-state index in [0.29, 0.717) is 18.9 Å². The largest absolute Gasteiger partial charge is 0.440 e. The van der Waals surface area contributed by atoms with Crippen LogP contribution in [-0.4, -0.2) is 4.98 Å². The third-order valence-electron chi connectivity index (χ3n) is 3.00. The summed E-state index contributed by atoms with van der Waals surface area (Å²) in [6, 6.07) is 12.1. The maximum atomic E-state index is 12.8. The van der Waals surface area contributed by atoms with Gasteiger partial charge in [0.05, 0.1) is 0 Å². The lowest BCUT2D eigenvalue weighted by Crippen LogP contribution is -1.95. The Kier molecular flexibility index (Phi) is 3.01. The van der Waals surface area contributed by atoms with Gasteiger partial charge in [-0.2, -0.15) is 0 Å². The molecular formula is C15H13FN2O. The van der Waals surface area contributed by atoms with E-state index in [1.54, 1.807) is 12.1 Å². The van der Waals surface area contributed by atoms with Crippen LogP contribution in [0.15, 0.2) is 46.9 Å². The standard InChI is InChI=1S/C15H13FN2O/c16-12-4-1-10(2-5-12)8-15-18-13-7-11(9-17)3-6-14(13)19-15/h1-7H,8-9,17H2. The zero-order chi connectivity index (χ0) is 13.2. The second kappa shape index (κ2) is 4.82. The van der Waals surface area contributed by atoms with Crippen molar-refractivity contribution >= 4 is 11.1 Å². The topological polar surface area (TPSA) is 52.0 Å². The molecule has 0 saturated heterocycles. The Morgan fingerprint density at radius 2 is 1.79 bits per heavy atom. The normalized spacial score (nSPS) is 11.1. The summed E-state index contributed by atoms with van der Waals surface area (Å²) in [6.07, 6.45) is 0.549. The van der Waals surface area contributed by atoms with E-state index >= 15 is 0 Å². The molecule has 0 aliphatic rings. The van der Waals surface area contributed by atoms with Crippen molar-refractivity contribution in [1.82, 2.24) is 4.98 Å². The first-order valence-corrected chi connectivity index (χ1v) is 6.07. The molecule has 19 heavy (non-hydrogen) atoms. The molecule has 4 heteroatoms. The molecule has 1 heterocycles. The smallest absolute Gasteiger partial charge is 0.199 e. The van der Waals surface area contributed by atoms with Gasteiger partial charge in [0.15, 0.2) is 11.5 Å². The van der Waals surface area contributed by atoms with Crippen LogP contribution in [-0.2, 0) is 13.0 Å². The van der Waals surface area contributed by atoms with E-state index in [0.717, 1.165) is 22.2 Å². The Hall–Kier alpha value is -2.20. The van der Waals surface area contributed by atoms with Crippen molar-refractivity contribution in [2.45, 2.75) is 13.0 Å². The molecule has 1 aromatic heterocycles. The third kappa shape index (κ3) is 2.48. The van der Waals surface area contributed by atoms with Crippen molar-refractivity contribution in [2.75, 3.05) is 0 Å². The van der Waals surface area contributed by atoms with E-state index in [1.165, 1.54) is 12.1 Å². The van der Waals surface area contributed by atoms with E-state index in [2.05, 4.69) is 4.98 Å². The molecule has 3 aromatic rings. The second-order valence-electron chi connectivity index (χ2n) is 4.42. The monoisotopic (exact) mass is 256 g/mol. The van der Waals surface area contributed by atoms with Crippen LogP contribution in [0.25, 0.3) is 11.1 Å². The molecule has 3 nitrogen and oxygen atoms in total. The molecular weight excluding hydrogens is 243 g/mol. The summed E-state index contributed by atoms with van der Waals surface area (Å²) in [6.45, 7) is 0.482. The predicted octanol–water partition coefficient (Wildman–Crippen LogP) is 3.02. The minimum absolute atomic E-state index is 0.242. The Bertz CT molecular complexity index is 704. The van der Waals surface area contributed by atoms with Gasteiger partial charge in [0.2, 0.25) is 0 Å². The molecule has 3 rings (SSSR count). The van der Waals surface area contributed by atoms with Crippen molar-refractivity contribution in [3.8, 4) is 0 Å². The summed E-state index contributed by atoms with van der Waals surface area (Å²) >= 11 is 0. The Morgan fingerprint density at radius 1 is 1.05 bits per heavy atom. The summed E-state index contributed by atoms with van der Waals surface area (Å²) in [5.74, 6) is 0.379. The number of halogens is 1. The summed E-state index contributed by atoms with van der Waals surface area (Å²) in [4.78, 5) is 4.42. The van der Waals surface area contributed by atoms with Crippen molar-refractivity contribution in [3.05, 3.63) is 65.3 Å². The zero-order valence-corrected chi connectivity index (χ0v) is 10.3. The minimum Gasteiger partial charge on any atom is -0.440 e. The highest BCUT2D eigenvalue weighted by molar-refractivity contribution is 5.73. The van der Waals surface area contributed by atoms with Gasteiger partial charge in [0.25, 0.3) is 0 Å². The average Bonchev–Trinajstić information content (AvgIpc) is 2.82. The van der Waals surface area contributed by atoms with Crippen LogP contribution in [0.3, 0.4) is 0 Å². The van der Waals surface area contributed by atoms with Crippen LogP contribution in [0.2, 0.25) is 0 Å². The van der Waals surface area contributed by atoms with Gasteiger partial charge in [0, 0.05) is 13.0 Å². The Balaban J connectivity index is 1.90. The second-order valence-corrected chi connectivity index (χ2v) is 4.42. The molecule has 0 radical (unpaired) electrons. The van der Waals surface area contributed by atoms with Crippen LogP contribution in [0, 0.1) is 5.82 Å². The number of rotatable bonds is 3. The maximum Gasteiger partial charge on any atom is 0.199 e. The van der Waals surface area contributed by atoms with Gasteiger partial charge < -0.3 is 10.2 Å². The zero-order valence-electron chi connectivity index (χ0n) is 10.3. The Labute approximate surface area is 109 Å². The molecule has 0 amide bonds. The Morgan fingerprint density at radius 3 is 2.53 bits per heavy atom. The van der Waals surface area contributed by atoms with E-state index in [1.807, 2.05) is 18.2 Å². The molecule has 96 valence electrons. The van der Waals surface area contributed by atoms with E-state index in [9.17, 15) is 4.39 Å². The van der Waals surface area contributed by atoms with Gasteiger partial charge >= 0.3 is 0 Å².